The number of nitrogens with one attached hydrogen (secondary N) is 3. The van der Waals surface area contributed by atoms with Crippen molar-refractivity contribution in [3.05, 3.63) is 59.7 Å². The van der Waals surface area contributed by atoms with E-state index in [1.807, 2.05) is 24.3 Å². The number of nitrogens with two attached hydrogens (primary N) is 1. The van der Waals surface area contributed by atoms with E-state index in [-0.39, 0.29) is 6.03 Å². The largest absolute Gasteiger partial charge is 0.334 e. The van der Waals surface area contributed by atoms with E-state index in [1.54, 1.807) is 24.3 Å². The highest BCUT2D eigenvalue weighted by atomic mass is 32.2. The summed E-state index contributed by atoms with van der Waals surface area (Å²) in [5, 5.41) is 5.43. The Hall–Kier alpha value is -2.58. The summed E-state index contributed by atoms with van der Waals surface area (Å²) in [7, 11) is -3.32. The Morgan fingerprint density at radius 3 is 2.29 bits per heavy atom. The molecule has 24 heavy (non-hydrogen) atoms. The minimum Gasteiger partial charge on any atom is -0.334 e. The molecule has 0 unspecified atom stereocenters. The van der Waals surface area contributed by atoms with Gasteiger partial charge in [-0.2, -0.15) is 0 Å². The van der Waals surface area contributed by atoms with Gasteiger partial charge in [0.05, 0.1) is 6.26 Å². The highest BCUT2D eigenvalue weighted by molar-refractivity contribution is 7.92. The molecule has 7 nitrogen and oxygen atoms in total. The van der Waals surface area contributed by atoms with Crippen molar-refractivity contribution in [1.29, 1.82) is 0 Å². The lowest BCUT2D eigenvalue weighted by molar-refractivity contribution is 0.251. The second-order valence-corrected chi connectivity index (χ2v) is 7.03. The van der Waals surface area contributed by atoms with E-state index in [2.05, 4.69) is 15.4 Å². The third-order valence-corrected chi connectivity index (χ3v) is 3.73. The van der Waals surface area contributed by atoms with Gasteiger partial charge in [-0.05, 0) is 35.4 Å². The van der Waals surface area contributed by atoms with Gasteiger partial charge in [0.2, 0.25) is 10.0 Å². The molecule has 128 valence electrons. The van der Waals surface area contributed by atoms with Crippen LogP contribution in [0, 0.1) is 0 Å². The fourth-order valence-corrected chi connectivity index (χ4v) is 2.62. The summed E-state index contributed by atoms with van der Waals surface area (Å²) in [5.74, 6) is 0. The van der Waals surface area contributed by atoms with E-state index in [0.717, 1.165) is 17.4 Å². The van der Waals surface area contributed by atoms with E-state index in [0.29, 0.717) is 24.5 Å². The number of urea groups is 1. The maximum atomic E-state index is 11.9. The summed E-state index contributed by atoms with van der Waals surface area (Å²) in [6, 6.07) is 13.7. The topological polar surface area (TPSA) is 113 Å². The molecule has 0 fully saturated rings. The van der Waals surface area contributed by atoms with Gasteiger partial charge in [0.25, 0.3) is 0 Å². The van der Waals surface area contributed by atoms with Crippen molar-refractivity contribution in [2.45, 2.75) is 13.1 Å². The standard InChI is InChI=1S/C16H20N4O3S/c1-24(22,23)20-15-7-5-14(6-8-15)19-16(21)18-11-13-4-2-3-12(9-13)10-17/h2-9,20H,10-11,17H2,1H3,(H2,18,19,21). The third kappa shape index (κ3) is 5.90. The van der Waals surface area contributed by atoms with Crippen LogP contribution < -0.4 is 21.1 Å². The predicted octanol–water partition coefficient (Wildman–Crippen LogP) is 1.84. The van der Waals surface area contributed by atoms with Gasteiger partial charge in [0.15, 0.2) is 0 Å². The lowest BCUT2D eigenvalue weighted by Crippen LogP contribution is -2.28. The maximum absolute atomic E-state index is 11.9. The molecule has 0 atom stereocenters. The summed E-state index contributed by atoms with van der Waals surface area (Å²) in [6.07, 6.45) is 1.08. The Balaban J connectivity index is 1.87. The Morgan fingerprint density at radius 1 is 1.04 bits per heavy atom. The fourth-order valence-electron chi connectivity index (χ4n) is 2.06. The van der Waals surface area contributed by atoms with Gasteiger partial charge in [-0.1, -0.05) is 24.3 Å². The molecule has 2 aromatic rings. The van der Waals surface area contributed by atoms with Gasteiger partial charge < -0.3 is 16.4 Å². The first-order valence-corrected chi connectivity index (χ1v) is 9.15. The van der Waals surface area contributed by atoms with Crippen molar-refractivity contribution >= 4 is 27.4 Å². The van der Waals surface area contributed by atoms with Crippen LogP contribution in [0.1, 0.15) is 11.1 Å². The summed E-state index contributed by atoms with van der Waals surface area (Å²) < 4.78 is 24.6. The average Bonchev–Trinajstić information content (AvgIpc) is 2.54. The normalized spacial score (nSPS) is 10.9. The molecule has 2 aromatic carbocycles. The van der Waals surface area contributed by atoms with Crippen molar-refractivity contribution in [2.75, 3.05) is 16.3 Å². The van der Waals surface area contributed by atoms with E-state index in [1.165, 1.54) is 0 Å². The molecule has 0 bridgehead atoms. The lowest BCUT2D eigenvalue weighted by Gasteiger charge is -2.09. The number of carbonyl (C=O) groups is 1. The number of benzene rings is 2. The smallest absolute Gasteiger partial charge is 0.319 e. The van der Waals surface area contributed by atoms with Gasteiger partial charge in [0.1, 0.15) is 0 Å². The van der Waals surface area contributed by atoms with Crippen molar-refractivity contribution in [1.82, 2.24) is 5.32 Å². The lowest BCUT2D eigenvalue weighted by atomic mass is 10.1. The zero-order chi connectivity index (χ0) is 17.6. The van der Waals surface area contributed by atoms with E-state index in [4.69, 9.17) is 5.73 Å². The van der Waals surface area contributed by atoms with Crippen LogP contribution in [-0.4, -0.2) is 20.7 Å². The monoisotopic (exact) mass is 348 g/mol. The zero-order valence-corrected chi connectivity index (χ0v) is 14.1. The van der Waals surface area contributed by atoms with Crippen molar-refractivity contribution in [2.24, 2.45) is 5.73 Å². The predicted molar refractivity (Wildman–Crippen MR) is 95.1 cm³/mol. The molecule has 8 heteroatoms. The minimum absolute atomic E-state index is 0.350. The Kier molecular flexibility index (Phi) is 5.78. The second-order valence-electron chi connectivity index (χ2n) is 5.28. The number of hydrogen-bond acceptors (Lipinski definition) is 4. The summed E-state index contributed by atoms with van der Waals surface area (Å²) in [6.45, 7) is 0.835. The number of hydrogen-bond donors (Lipinski definition) is 4. The SMILES string of the molecule is CS(=O)(=O)Nc1ccc(NC(=O)NCc2cccc(CN)c2)cc1. The molecule has 0 radical (unpaired) electrons. The van der Waals surface area contributed by atoms with E-state index in [9.17, 15) is 13.2 Å². The number of rotatable bonds is 6. The summed E-state index contributed by atoms with van der Waals surface area (Å²) >= 11 is 0. The molecular weight excluding hydrogens is 328 g/mol. The molecule has 0 heterocycles. The third-order valence-electron chi connectivity index (χ3n) is 3.13. The van der Waals surface area contributed by atoms with Crippen LogP contribution >= 0.6 is 0 Å². The molecule has 0 spiro atoms. The molecule has 0 aliphatic carbocycles. The fraction of sp³-hybridized carbons (Fsp3) is 0.188. The number of carbonyl (C=O) groups excluding carboxylic acids is 1. The van der Waals surface area contributed by atoms with Crippen molar-refractivity contribution < 1.29 is 13.2 Å². The quantitative estimate of drug-likeness (QED) is 0.638. The second kappa shape index (κ2) is 7.80. The summed E-state index contributed by atoms with van der Waals surface area (Å²) in [5.41, 5.74) is 8.54. The number of amides is 2. The van der Waals surface area contributed by atoms with Gasteiger partial charge >= 0.3 is 6.03 Å². The van der Waals surface area contributed by atoms with Crippen LogP contribution in [0.3, 0.4) is 0 Å². The Labute approximate surface area is 141 Å². The molecule has 0 saturated carbocycles. The molecule has 0 saturated heterocycles. The molecule has 0 aromatic heterocycles. The van der Waals surface area contributed by atoms with Crippen LogP contribution in [0.15, 0.2) is 48.5 Å². The van der Waals surface area contributed by atoms with Crippen LogP contribution in [0.5, 0.6) is 0 Å². The molecule has 0 aliphatic rings. The zero-order valence-electron chi connectivity index (χ0n) is 13.2. The van der Waals surface area contributed by atoms with Crippen LogP contribution in [0.2, 0.25) is 0 Å². The van der Waals surface area contributed by atoms with Gasteiger partial charge in [-0.3, -0.25) is 4.72 Å². The minimum atomic E-state index is -3.32. The number of sulfonamides is 1. The van der Waals surface area contributed by atoms with Crippen LogP contribution in [-0.2, 0) is 23.1 Å². The highest BCUT2D eigenvalue weighted by Crippen LogP contribution is 2.14. The molecule has 2 rings (SSSR count). The van der Waals surface area contributed by atoms with Crippen LogP contribution in [0.25, 0.3) is 0 Å². The average molecular weight is 348 g/mol. The van der Waals surface area contributed by atoms with Crippen molar-refractivity contribution in [3.8, 4) is 0 Å². The number of anilines is 2. The molecule has 5 N–H and O–H groups in total. The summed E-state index contributed by atoms with van der Waals surface area (Å²) in [4.78, 5) is 11.9. The maximum Gasteiger partial charge on any atom is 0.319 e. The molecular formula is C16H20N4O3S. The first kappa shape index (κ1) is 17.8. The van der Waals surface area contributed by atoms with E-state index < -0.39 is 10.0 Å². The van der Waals surface area contributed by atoms with Gasteiger partial charge in [-0.15, -0.1) is 0 Å². The van der Waals surface area contributed by atoms with Crippen LogP contribution in [0.4, 0.5) is 16.2 Å². The van der Waals surface area contributed by atoms with Gasteiger partial charge in [-0.25, -0.2) is 13.2 Å². The molecule has 0 aliphatic heterocycles. The first-order chi connectivity index (χ1) is 11.4. The van der Waals surface area contributed by atoms with Gasteiger partial charge in [0, 0.05) is 24.5 Å². The Morgan fingerprint density at radius 2 is 1.67 bits per heavy atom. The Bertz CT molecular complexity index is 804. The van der Waals surface area contributed by atoms with E-state index >= 15 is 0 Å². The highest BCUT2D eigenvalue weighted by Gasteiger charge is 2.04. The van der Waals surface area contributed by atoms with Crippen molar-refractivity contribution in [3.63, 3.8) is 0 Å². The molecule has 2 amide bonds. The first-order valence-electron chi connectivity index (χ1n) is 7.26.